The Balaban J connectivity index is 1.16. The average molecular weight is 689 g/mol. The molecule has 5 aromatic rings. The molecular formula is C35H37ClN6O5S. The third-order valence-electron chi connectivity index (χ3n) is 7.71. The number of hydrogen-bond acceptors (Lipinski definition) is 8. The summed E-state index contributed by atoms with van der Waals surface area (Å²) >= 11 is 6.00. The number of sulfonamides is 1. The van der Waals surface area contributed by atoms with Crippen molar-refractivity contribution < 1.29 is 22.7 Å². The molecule has 13 heteroatoms. The van der Waals surface area contributed by atoms with Gasteiger partial charge >= 0.3 is 0 Å². The van der Waals surface area contributed by atoms with Gasteiger partial charge in [0.25, 0.3) is 0 Å². The van der Waals surface area contributed by atoms with Crippen molar-refractivity contribution in [1.82, 2.24) is 14.6 Å². The van der Waals surface area contributed by atoms with Gasteiger partial charge in [-0.15, -0.1) is 0 Å². The molecule has 0 fully saturated rings. The largest absolute Gasteiger partial charge is 0.497 e. The molecular weight excluding hydrogens is 652 g/mol. The Morgan fingerprint density at radius 3 is 2.12 bits per heavy atom. The van der Waals surface area contributed by atoms with E-state index in [1.54, 1.807) is 43.5 Å². The number of methoxy groups -OCH3 is 1. The molecule has 4 aromatic carbocycles. The van der Waals surface area contributed by atoms with Crippen LogP contribution in [0.3, 0.4) is 0 Å². The highest BCUT2D eigenvalue weighted by Crippen LogP contribution is 2.30. The number of ether oxygens (including phenoxy) is 2. The zero-order valence-corrected chi connectivity index (χ0v) is 28.7. The lowest BCUT2D eigenvalue weighted by atomic mass is 10.1. The number of nitrogens with one attached hydrogen (secondary N) is 2. The molecule has 0 atom stereocenters. The first kappa shape index (κ1) is 34.4. The van der Waals surface area contributed by atoms with Gasteiger partial charge in [0.2, 0.25) is 15.9 Å². The maximum absolute atomic E-state index is 13.0. The van der Waals surface area contributed by atoms with Crippen molar-refractivity contribution in [1.29, 1.82) is 0 Å². The topological polar surface area (TPSA) is 127 Å². The quantitative estimate of drug-likeness (QED) is 0.0980. The Morgan fingerprint density at radius 1 is 0.875 bits per heavy atom. The Bertz CT molecular complexity index is 2010. The number of carbonyl (C=O) groups is 1. The zero-order chi connectivity index (χ0) is 34.3. The zero-order valence-electron chi connectivity index (χ0n) is 27.1. The van der Waals surface area contributed by atoms with Crippen LogP contribution in [0.5, 0.6) is 11.5 Å². The lowest BCUT2D eigenvalue weighted by Gasteiger charge is -2.11. The Morgan fingerprint density at radius 2 is 1.50 bits per heavy atom. The van der Waals surface area contributed by atoms with Crippen LogP contribution in [0.2, 0.25) is 5.02 Å². The fourth-order valence-electron chi connectivity index (χ4n) is 5.04. The summed E-state index contributed by atoms with van der Waals surface area (Å²) in [6.07, 6.45) is 0.0893. The normalized spacial score (nSPS) is 11.6. The number of carbonyl (C=O) groups excluding carboxylic acids is 1. The van der Waals surface area contributed by atoms with Gasteiger partial charge in [-0.1, -0.05) is 11.6 Å². The van der Waals surface area contributed by atoms with E-state index in [0.29, 0.717) is 27.9 Å². The third kappa shape index (κ3) is 8.51. The average Bonchev–Trinajstić information content (AvgIpc) is 3.34. The van der Waals surface area contributed by atoms with Gasteiger partial charge in [0.1, 0.15) is 11.5 Å². The smallest absolute Gasteiger partial charge is 0.240 e. The summed E-state index contributed by atoms with van der Waals surface area (Å²) in [5.74, 6) is 1.09. The molecule has 5 rings (SSSR count). The Kier molecular flexibility index (Phi) is 11.0. The van der Waals surface area contributed by atoms with Crippen LogP contribution in [0, 0.1) is 6.92 Å². The first-order valence-corrected chi connectivity index (χ1v) is 17.0. The van der Waals surface area contributed by atoms with Crippen LogP contribution >= 0.6 is 11.6 Å². The lowest BCUT2D eigenvalue weighted by molar-refractivity contribution is -0.120. The summed E-state index contributed by atoms with van der Waals surface area (Å²) in [6.45, 7) is 2.29. The lowest BCUT2D eigenvalue weighted by Crippen LogP contribution is -2.35. The van der Waals surface area contributed by atoms with Crippen LogP contribution in [0.15, 0.2) is 106 Å². The van der Waals surface area contributed by atoms with Crippen LogP contribution in [-0.2, 0) is 28.0 Å². The van der Waals surface area contributed by atoms with Crippen molar-refractivity contribution in [3.63, 3.8) is 0 Å². The number of azo groups is 1. The number of anilines is 1. The SMILES string of the molecule is COc1ccc2c(c1)c(CC(=O)NCCNS(=O)(=O)c1ccc(N=Nc3ccc(N(C)C)cc3)cc1)c(C)n2COc1ccc(Cl)cc1. The second-order valence-corrected chi connectivity index (χ2v) is 13.3. The van der Waals surface area contributed by atoms with Crippen molar-refractivity contribution in [2.45, 2.75) is 25.0 Å². The number of rotatable bonds is 14. The highest BCUT2D eigenvalue weighted by atomic mass is 35.5. The van der Waals surface area contributed by atoms with Gasteiger partial charge in [-0.05, 0) is 103 Å². The van der Waals surface area contributed by atoms with E-state index >= 15 is 0 Å². The fourth-order valence-corrected chi connectivity index (χ4v) is 6.19. The molecule has 1 aromatic heterocycles. The Labute approximate surface area is 285 Å². The summed E-state index contributed by atoms with van der Waals surface area (Å²) in [5, 5.41) is 12.7. The summed E-state index contributed by atoms with van der Waals surface area (Å²) in [7, 11) is 1.71. The van der Waals surface area contributed by atoms with E-state index in [1.807, 2.05) is 73.0 Å². The van der Waals surface area contributed by atoms with Gasteiger partial charge in [0.15, 0.2) is 6.73 Å². The van der Waals surface area contributed by atoms with Gasteiger partial charge in [0.05, 0.1) is 35.3 Å². The van der Waals surface area contributed by atoms with Crippen molar-refractivity contribution in [2.75, 3.05) is 39.2 Å². The second-order valence-electron chi connectivity index (χ2n) is 11.1. The van der Waals surface area contributed by atoms with Crippen molar-refractivity contribution in [2.24, 2.45) is 10.2 Å². The van der Waals surface area contributed by atoms with Gasteiger partial charge in [-0.25, -0.2) is 13.1 Å². The number of fused-ring (bicyclic) bond motifs is 1. The molecule has 11 nitrogen and oxygen atoms in total. The number of nitrogens with zero attached hydrogens (tertiary/aromatic N) is 4. The molecule has 1 heterocycles. The molecule has 0 aliphatic rings. The number of aromatic nitrogens is 1. The van der Waals surface area contributed by atoms with Crippen molar-refractivity contribution in [3.05, 3.63) is 107 Å². The number of amides is 1. The van der Waals surface area contributed by atoms with Crippen LogP contribution in [0.25, 0.3) is 10.9 Å². The maximum Gasteiger partial charge on any atom is 0.240 e. The first-order valence-electron chi connectivity index (χ1n) is 15.1. The fraction of sp³-hybridized carbons (Fsp3) is 0.229. The van der Waals surface area contributed by atoms with Gasteiger partial charge in [0, 0.05) is 49.0 Å². The van der Waals surface area contributed by atoms with Crippen LogP contribution in [0.1, 0.15) is 11.3 Å². The molecule has 0 bridgehead atoms. The van der Waals surface area contributed by atoms with Crippen LogP contribution in [0.4, 0.5) is 17.1 Å². The third-order valence-corrected chi connectivity index (χ3v) is 9.43. The number of hydrogen-bond donors (Lipinski definition) is 2. The van der Waals surface area contributed by atoms with Gasteiger partial charge in [-0.2, -0.15) is 10.2 Å². The maximum atomic E-state index is 13.0. The molecule has 0 aliphatic carbocycles. The number of benzene rings is 4. The Hall–Kier alpha value is -4.91. The monoisotopic (exact) mass is 688 g/mol. The minimum absolute atomic E-state index is 0.0158. The summed E-state index contributed by atoms with van der Waals surface area (Å²) in [4.78, 5) is 15.1. The van der Waals surface area contributed by atoms with E-state index in [1.165, 1.54) is 12.1 Å². The van der Waals surface area contributed by atoms with Crippen molar-refractivity contribution >= 4 is 55.5 Å². The predicted molar refractivity (Wildman–Crippen MR) is 189 cm³/mol. The van der Waals surface area contributed by atoms with E-state index in [2.05, 4.69) is 20.3 Å². The van der Waals surface area contributed by atoms with Gasteiger partial charge in [-0.3, -0.25) is 4.79 Å². The van der Waals surface area contributed by atoms with Crippen molar-refractivity contribution in [3.8, 4) is 11.5 Å². The molecule has 0 radical (unpaired) electrons. The molecule has 0 aliphatic heterocycles. The summed E-state index contributed by atoms with van der Waals surface area (Å²) in [6, 6.07) is 26.5. The summed E-state index contributed by atoms with van der Waals surface area (Å²) in [5.41, 5.74) is 4.84. The molecule has 0 saturated heterocycles. The van der Waals surface area contributed by atoms with E-state index in [4.69, 9.17) is 21.1 Å². The minimum Gasteiger partial charge on any atom is -0.497 e. The highest BCUT2D eigenvalue weighted by molar-refractivity contribution is 7.89. The molecule has 48 heavy (non-hydrogen) atoms. The molecule has 2 N–H and O–H groups in total. The standard InChI is InChI=1S/C35H37ClN6O5S/c1-24-32(33-21-30(46-4)15-18-34(33)42(24)23-47-29-13-5-25(36)6-14-29)22-35(43)37-19-20-38-48(44,45)31-16-9-27(10-17-31)40-39-26-7-11-28(12-8-26)41(2)3/h5-18,21,38H,19-20,22-23H2,1-4H3,(H,37,43). The van der Waals surface area contributed by atoms with Crippen LogP contribution in [-0.4, -0.2) is 53.2 Å². The van der Waals surface area contributed by atoms with E-state index < -0.39 is 10.0 Å². The van der Waals surface area contributed by atoms with E-state index in [9.17, 15) is 13.2 Å². The van der Waals surface area contributed by atoms with E-state index in [-0.39, 0.29) is 37.0 Å². The van der Waals surface area contributed by atoms with Gasteiger partial charge < -0.3 is 24.3 Å². The molecule has 0 saturated carbocycles. The first-order chi connectivity index (χ1) is 23.0. The minimum atomic E-state index is -3.80. The summed E-state index contributed by atoms with van der Waals surface area (Å²) < 4.78 is 41.7. The predicted octanol–water partition coefficient (Wildman–Crippen LogP) is 6.77. The van der Waals surface area contributed by atoms with E-state index in [0.717, 1.165) is 27.8 Å². The highest BCUT2D eigenvalue weighted by Gasteiger charge is 2.19. The molecule has 1 amide bonds. The molecule has 250 valence electrons. The number of halogens is 1. The van der Waals surface area contributed by atoms with Crippen LogP contribution < -0.4 is 24.4 Å². The molecule has 0 unspecified atom stereocenters. The second kappa shape index (κ2) is 15.3. The molecule has 0 spiro atoms.